The zero-order chi connectivity index (χ0) is 24.6. The van der Waals surface area contributed by atoms with E-state index in [0.29, 0.717) is 11.1 Å². The van der Waals surface area contributed by atoms with Crippen LogP contribution in [0.1, 0.15) is 26.3 Å². The minimum atomic E-state index is -1.12. The maximum Gasteiger partial charge on any atom is 0.338 e. The van der Waals surface area contributed by atoms with Gasteiger partial charge < -0.3 is 23.7 Å². The summed E-state index contributed by atoms with van der Waals surface area (Å²) in [5.74, 6) is -1.13. The van der Waals surface area contributed by atoms with Crippen molar-refractivity contribution in [1.82, 2.24) is 0 Å². The van der Waals surface area contributed by atoms with Gasteiger partial charge in [0.05, 0.1) is 17.7 Å². The van der Waals surface area contributed by atoms with E-state index < -0.39 is 36.5 Å². The van der Waals surface area contributed by atoms with Crippen molar-refractivity contribution in [2.75, 3.05) is 7.11 Å². The van der Waals surface area contributed by atoms with Gasteiger partial charge in [-0.1, -0.05) is 73.3 Å². The molecule has 1 aliphatic rings. The van der Waals surface area contributed by atoms with Crippen LogP contribution in [0.25, 0.3) is 0 Å². The summed E-state index contributed by atoms with van der Waals surface area (Å²) < 4.78 is 29.0. The molecule has 1 aliphatic heterocycles. The van der Waals surface area contributed by atoms with Crippen molar-refractivity contribution in [3.63, 3.8) is 0 Å². The second-order valence-corrected chi connectivity index (χ2v) is 7.88. The van der Waals surface area contributed by atoms with Crippen LogP contribution in [0.2, 0.25) is 0 Å². The fourth-order valence-electron chi connectivity index (χ4n) is 3.70. The van der Waals surface area contributed by atoms with Crippen LogP contribution in [0.15, 0.2) is 103 Å². The van der Waals surface area contributed by atoms with Gasteiger partial charge in [0.2, 0.25) is 6.29 Å². The third-order valence-electron chi connectivity index (χ3n) is 5.49. The van der Waals surface area contributed by atoms with Crippen molar-refractivity contribution in [3.8, 4) is 0 Å². The Bertz CT molecular complexity index is 1130. The number of ether oxygens (including phenoxy) is 5. The third kappa shape index (κ3) is 5.95. The molecule has 0 amide bonds. The van der Waals surface area contributed by atoms with Crippen molar-refractivity contribution in [2.24, 2.45) is 0 Å². The Hall–Kier alpha value is -3.94. The average Bonchev–Trinajstić information content (AvgIpc) is 2.91. The Morgan fingerprint density at radius 2 is 1.29 bits per heavy atom. The normalized spacial score (nSPS) is 21.6. The number of hydrogen-bond acceptors (Lipinski definition) is 7. The summed E-state index contributed by atoms with van der Waals surface area (Å²) in [6, 6.07) is 26.5. The lowest BCUT2D eigenvalue weighted by Crippen LogP contribution is -2.56. The molecule has 1 saturated heterocycles. The van der Waals surface area contributed by atoms with Gasteiger partial charge in [0, 0.05) is 7.11 Å². The number of carbonyl (C=O) groups is 2. The van der Waals surface area contributed by atoms with E-state index in [1.807, 2.05) is 30.3 Å². The zero-order valence-electron chi connectivity index (χ0n) is 19.2. The van der Waals surface area contributed by atoms with Crippen LogP contribution < -0.4 is 0 Å². The molecule has 4 rings (SSSR count). The molecule has 0 saturated carbocycles. The molecular weight excluding hydrogens is 448 g/mol. The molecule has 0 aliphatic carbocycles. The number of carbonyl (C=O) groups excluding carboxylic acids is 2. The molecule has 1 fully saturated rings. The lowest BCUT2D eigenvalue weighted by atomic mass is 10.0. The van der Waals surface area contributed by atoms with Crippen LogP contribution in [0.3, 0.4) is 0 Å². The van der Waals surface area contributed by atoms with Crippen LogP contribution >= 0.6 is 0 Å². The highest BCUT2D eigenvalue weighted by Crippen LogP contribution is 2.32. The minimum absolute atomic E-state index is 0.0894. The van der Waals surface area contributed by atoms with Crippen LogP contribution in [-0.4, -0.2) is 43.7 Å². The van der Waals surface area contributed by atoms with Gasteiger partial charge in [-0.25, -0.2) is 9.59 Å². The first-order valence-electron chi connectivity index (χ1n) is 11.1. The van der Waals surface area contributed by atoms with E-state index in [9.17, 15) is 9.59 Å². The van der Waals surface area contributed by atoms with Gasteiger partial charge >= 0.3 is 11.9 Å². The van der Waals surface area contributed by atoms with Gasteiger partial charge in [0.15, 0.2) is 18.3 Å². The van der Waals surface area contributed by atoms with E-state index in [2.05, 4.69) is 6.58 Å². The Labute approximate surface area is 203 Å². The van der Waals surface area contributed by atoms with Crippen molar-refractivity contribution >= 4 is 11.9 Å². The standard InChI is InChI=1S/C28H26O7/c1-19-23(34-26(29)21-14-8-4-9-15-21)24(35-27(30)22-16-10-5-11-17-22)25(28(31-2)33-19)32-18-20-12-6-3-7-13-20/h3-17,23-25,28H,1,18H2,2H3/t23-,24+,25-,28+/m1/s1. The summed E-state index contributed by atoms with van der Waals surface area (Å²) in [5, 5.41) is 0. The molecule has 0 radical (unpaired) electrons. The fourth-order valence-corrected chi connectivity index (χ4v) is 3.70. The van der Waals surface area contributed by atoms with Gasteiger partial charge in [0.1, 0.15) is 5.76 Å². The second kappa shape index (κ2) is 11.5. The number of methoxy groups -OCH3 is 1. The SMILES string of the molecule is C=C1O[C@H](OC)[C@H](OCc2ccccc2)[C@@H](OC(=O)c2ccccc2)[C@@H]1OC(=O)c1ccccc1. The lowest BCUT2D eigenvalue weighted by Gasteiger charge is -2.41. The Kier molecular flexibility index (Phi) is 7.92. The number of esters is 2. The summed E-state index contributed by atoms with van der Waals surface area (Å²) in [6.07, 6.45) is -4.05. The predicted molar refractivity (Wildman–Crippen MR) is 127 cm³/mol. The van der Waals surface area contributed by atoms with Gasteiger partial charge in [-0.2, -0.15) is 0 Å². The van der Waals surface area contributed by atoms with Gasteiger partial charge in [-0.05, 0) is 29.8 Å². The van der Waals surface area contributed by atoms with Gasteiger partial charge in [-0.15, -0.1) is 0 Å². The summed E-state index contributed by atoms with van der Waals surface area (Å²) in [5.41, 5.74) is 1.58. The summed E-state index contributed by atoms with van der Waals surface area (Å²) in [4.78, 5) is 25.9. The zero-order valence-corrected chi connectivity index (χ0v) is 19.2. The average molecular weight is 475 g/mol. The largest absolute Gasteiger partial charge is 0.463 e. The summed E-state index contributed by atoms with van der Waals surface area (Å²) in [7, 11) is 1.45. The van der Waals surface area contributed by atoms with Gasteiger partial charge in [-0.3, -0.25) is 0 Å². The lowest BCUT2D eigenvalue weighted by molar-refractivity contribution is -0.251. The summed E-state index contributed by atoms with van der Waals surface area (Å²) >= 11 is 0. The molecule has 3 aromatic carbocycles. The molecule has 0 unspecified atom stereocenters. The molecule has 4 atom stereocenters. The highest BCUT2D eigenvalue weighted by Gasteiger charge is 2.49. The van der Waals surface area contributed by atoms with Crippen molar-refractivity contribution in [1.29, 1.82) is 0 Å². The van der Waals surface area contributed by atoms with Crippen molar-refractivity contribution < 1.29 is 33.3 Å². The molecule has 180 valence electrons. The third-order valence-corrected chi connectivity index (χ3v) is 5.49. The van der Waals surface area contributed by atoms with E-state index in [0.717, 1.165) is 5.56 Å². The van der Waals surface area contributed by atoms with E-state index in [1.165, 1.54) is 7.11 Å². The molecule has 0 aromatic heterocycles. The molecular formula is C28H26O7. The summed E-state index contributed by atoms with van der Waals surface area (Å²) in [6.45, 7) is 4.09. The number of hydrogen-bond donors (Lipinski definition) is 0. The quantitative estimate of drug-likeness (QED) is 0.444. The predicted octanol–water partition coefficient (Wildman–Crippen LogP) is 4.54. The number of rotatable bonds is 8. The minimum Gasteiger partial charge on any atom is -0.463 e. The van der Waals surface area contributed by atoms with E-state index >= 15 is 0 Å². The maximum atomic E-state index is 13.0. The van der Waals surface area contributed by atoms with Gasteiger partial charge in [0.25, 0.3) is 0 Å². The van der Waals surface area contributed by atoms with E-state index in [4.69, 9.17) is 23.7 Å². The molecule has 0 bridgehead atoms. The first kappa shape index (κ1) is 24.2. The molecule has 3 aromatic rings. The number of benzene rings is 3. The topological polar surface area (TPSA) is 80.3 Å². The van der Waals surface area contributed by atoms with Crippen molar-refractivity contribution in [2.45, 2.75) is 31.2 Å². The van der Waals surface area contributed by atoms with E-state index in [1.54, 1.807) is 60.7 Å². The smallest absolute Gasteiger partial charge is 0.338 e. The monoisotopic (exact) mass is 474 g/mol. The second-order valence-electron chi connectivity index (χ2n) is 7.88. The van der Waals surface area contributed by atoms with Crippen LogP contribution in [0.4, 0.5) is 0 Å². The molecule has 1 heterocycles. The van der Waals surface area contributed by atoms with Crippen LogP contribution in [0.5, 0.6) is 0 Å². The maximum absolute atomic E-state index is 13.0. The fraction of sp³-hybridized carbons (Fsp3) is 0.214. The van der Waals surface area contributed by atoms with Crippen LogP contribution in [-0.2, 0) is 30.3 Å². The first-order chi connectivity index (χ1) is 17.1. The highest BCUT2D eigenvalue weighted by molar-refractivity contribution is 5.90. The Morgan fingerprint density at radius 1 is 0.771 bits per heavy atom. The molecule has 0 spiro atoms. The molecule has 7 nitrogen and oxygen atoms in total. The first-order valence-corrected chi connectivity index (χ1v) is 11.1. The molecule has 0 N–H and O–H groups in total. The van der Waals surface area contributed by atoms with Crippen LogP contribution in [0, 0.1) is 0 Å². The Balaban J connectivity index is 1.62. The molecule has 35 heavy (non-hydrogen) atoms. The Morgan fingerprint density at radius 3 is 1.83 bits per heavy atom. The van der Waals surface area contributed by atoms with E-state index in [-0.39, 0.29) is 12.4 Å². The molecule has 7 heteroatoms. The highest BCUT2D eigenvalue weighted by atomic mass is 16.7. The van der Waals surface area contributed by atoms with Crippen molar-refractivity contribution in [3.05, 3.63) is 120 Å².